The lowest BCUT2D eigenvalue weighted by Gasteiger charge is -2.18. The van der Waals surface area contributed by atoms with E-state index in [9.17, 15) is 0 Å². The maximum atomic E-state index is 6.33. The third-order valence-electron chi connectivity index (χ3n) is 11.0. The molecule has 0 aliphatic heterocycles. The number of hydrogen-bond acceptors (Lipinski definition) is 1. The summed E-state index contributed by atoms with van der Waals surface area (Å²) in [6, 6.07) is 70.6. The second kappa shape index (κ2) is 11.8. The lowest BCUT2D eigenvalue weighted by Crippen LogP contribution is -1.91. The molecule has 246 valence electrons. The van der Waals surface area contributed by atoms with E-state index in [0.717, 1.165) is 16.6 Å². The van der Waals surface area contributed by atoms with Gasteiger partial charge in [0.1, 0.15) is 11.2 Å². The number of hydrogen-bond donors (Lipinski definition) is 0. The molecule has 0 saturated heterocycles. The number of rotatable bonds is 4. The van der Waals surface area contributed by atoms with Crippen LogP contribution in [-0.2, 0) is 0 Å². The SMILES string of the molecule is c1cc(-c2ccc3oc4ccc5ccccc5c4c3c2)cc(-c2c3ccccc3c(-c3ccc(-c4ccc5ccccc5c4)cc3)c3ccccc23)c1. The molecular formula is C52H32O. The molecule has 0 spiro atoms. The van der Waals surface area contributed by atoms with Crippen molar-refractivity contribution in [2.75, 3.05) is 0 Å². The molecule has 0 N–H and O–H groups in total. The monoisotopic (exact) mass is 672 g/mol. The van der Waals surface area contributed by atoms with E-state index in [4.69, 9.17) is 4.42 Å². The fourth-order valence-corrected chi connectivity index (χ4v) is 8.53. The third kappa shape index (κ3) is 4.79. The molecule has 0 unspecified atom stereocenters. The van der Waals surface area contributed by atoms with Crippen LogP contribution >= 0.6 is 0 Å². The minimum Gasteiger partial charge on any atom is -0.456 e. The van der Waals surface area contributed by atoms with Gasteiger partial charge in [0.15, 0.2) is 0 Å². The predicted molar refractivity (Wildman–Crippen MR) is 225 cm³/mol. The molecule has 1 aromatic heterocycles. The van der Waals surface area contributed by atoms with Crippen molar-refractivity contribution < 1.29 is 4.42 Å². The minimum atomic E-state index is 0.911. The lowest BCUT2D eigenvalue weighted by molar-refractivity contribution is 0.669. The van der Waals surface area contributed by atoms with Gasteiger partial charge in [-0.1, -0.05) is 164 Å². The molecule has 0 bridgehead atoms. The van der Waals surface area contributed by atoms with Crippen molar-refractivity contribution in [2.24, 2.45) is 0 Å². The van der Waals surface area contributed by atoms with Gasteiger partial charge < -0.3 is 4.42 Å². The van der Waals surface area contributed by atoms with Gasteiger partial charge in [-0.15, -0.1) is 0 Å². The van der Waals surface area contributed by atoms with Gasteiger partial charge in [-0.3, -0.25) is 0 Å². The normalized spacial score (nSPS) is 11.8. The van der Waals surface area contributed by atoms with Gasteiger partial charge in [0.2, 0.25) is 0 Å². The van der Waals surface area contributed by atoms with Crippen LogP contribution in [0.5, 0.6) is 0 Å². The fraction of sp³-hybridized carbons (Fsp3) is 0. The highest BCUT2D eigenvalue weighted by molar-refractivity contribution is 6.22. The Morgan fingerprint density at radius 3 is 1.47 bits per heavy atom. The van der Waals surface area contributed by atoms with Gasteiger partial charge in [-0.05, 0) is 118 Å². The van der Waals surface area contributed by atoms with Crippen molar-refractivity contribution in [3.05, 3.63) is 194 Å². The highest BCUT2D eigenvalue weighted by atomic mass is 16.3. The van der Waals surface area contributed by atoms with E-state index in [1.165, 1.54) is 93.0 Å². The molecule has 11 rings (SSSR count). The summed E-state index contributed by atoms with van der Waals surface area (Å²) in [5.41, 5.74) is 11.6. The Morgan fingerprint density at radius 1 is 0.245 bits per heavy atom. The van der Waals surface area contributed by atoms with E-state index >= 15 is 0 Å². The average Bonchev–Trinajstić information content (AvgIpc) is 3.61. The Labute approximate surface area is 307 Å². The quantitative estimate of drug-likeness (QED) is 0.170. The highest BCUT2D eigenvalue weighted by Gasteiger charge is 2.18. The van der Waals surface area contributed by atoms with Crippen molar-refractivity contribution in [3.8, 4) is 44.5 Å². The molecule has 0 amide bonds. The van der Waals surface area contributed by atoms with Gasteiger partial charge >= 0.3 is 0 Å². The molecule has 53 heavy (non-hydrogen) atoms. The first-order chi connectivity index (χ1) is 26.3. The molecular weight excluding hydrogens is 641 g/mol. The second-order valence-corrected chi connectivity index (χ2v) is 14.0. The van der Waals surface area contributed by atoms with Crippen molar-refractivity contribution in [1.82, 2.24) is 0 Å². The summed E-state index contributed by atoms with van der Waals surface area (Å²) in [4.78, 5) is 0. The van der Waals surface area contributed by atoms with Crippen LogP contribution in [0, 0.1) is 0 Å². The van der Waals surface area contributed by atoms with Crippen LogP contribution in [0.2, 0.25) is 0 Å². The summed E-state index contributed by atoms with van der Waals surface area (Å²) >= 11 is 0. The Hall–Kier alpha value is -6.96. The third-order valence-corrected chi connectivity index (χ3v) is 11.0. The summed E-state index contributed by atoms with van der Waals surface area (Å²) in [6.45, 7) is 0. The van der Waals surface area contributed by atoms with Crippen molar-refractivity contribution in [3.63, 3.8) is 0 Å². The van der Waals surface area contributed by atoms with Crippen molar-refractivity contribution in [1.29, 1.82) is 0 Å². The molecule has 0 atom stereocenters. The molecule has 0 fully saturated rings. The van der Waals surface area contributed by atoms with Crippen LogP contribution in [0.3, 0.4) is 0 Å². The molecule has 10 aromatic carbocycles. The van der Waals surface area contributed by atoms with Crippen LogP contribution in [0.25, 0.3) is 110 Å². The van der Waals surface area contributed by atoms with Crippen LogP contribution in [0.1, 0.15) is 0 Å². The lowest BCUT2D eigenvalue weighted by atomic mass is 9.85. The van der Waals surface area contributed by atoms with Crippen molar-refractivity contribution >= 4 is 65.0 Å². The van der Waals surface area contributed by atoms with Crippen molar-refractivity contribution in [2.45, 2.75) is 0 Å². The van der Waals surface area contributed by atoms with E-state index in [2.05, 4.69) is 194 Å². The number of fused-ring (bicyclic) bond motifs is 8. The van der Waals surface area contributed by atoms with Crippen LogP contribution in [0.15, 0.2) is 199 Å². The number of furan rings is 1. The first-order valence-electron chi connectivity index (χ1n) is 18.2. The van der Waals surface area contributed by atoms with E-state index in [1.54, 1.807) is 0 Å². The van der Waals surface area contributed by atoms with Gasteiger partial charge in [-0.2, -0.15) is 0 Å². The summed E-state index contributed by atoms with van der Waals surface area (Å²) in [6.07, 6.45) is 0. The Balaban J connectivity index is 1.06. The minimum absolute atomic E-state index is 0.911. The predicted octanol–water partition coefficient (Wildman–Crippen LogP) is 14.9. The molecule has 1 heteroatoms. The van der Waals surface area contributed by atoms with E-state index in [-0.39, 0.29) is 0 Å². The maximum absolute atomic E-state index is 6.33. The van der Waals surface area contributed by atoms with Crippen LogP contribution in [0.4, 0.5) is 0 Å². The highest BCUT2D eigenvalue weighted by Crippen LogP contribution is 2.45. The molecule has 0 aliphatic carbocycles. The fourth-order valence-electron chi connectivity index (χ4n) is 8.53. The maximum Gasteiger partial charge on any atom is 0.136 e. The van der Waals surface area contributed by atoms with E-state index in [0.29, 0.717) is 0 Å². The van der Waals surface area contributed by atoms with Gasteiger partial charge in [0.25, 0.3) is 0 Å². The van der Waals surface area contributed by atoms with Crippen LogP contribution < -0.4 is 0 Å². The average molecular weight is 673 g/mol. The summed E-state index contributed by atoms with van der Waals surface area (Å²) < 4.78 is 6.33. The molecule has 0 radical (unpaired) electrons. The Kier molecular flexibility index (Phi) is 6.62. The van der Waals surface area contributed by atoms with E-state index < -0.39 is 0 Å². The zero-order valence-corrected chi connectivity index (χ0v) is 28.9. The summed E-state index contributed by atoms with van der Waals surface area (Å²) in [5.74, 6) is 0. The van der Waals surface area contributed by atoms with Gasteiger partial charge in [-0.25, -0.2) is 0 Å². The second-order valence-electron chi connectivity index (χ2n) is 14.0. The molecule has 1 heterocycles. The smallest absolute Gasteiger partial charge is 0.136 e. The standard InChI is InChI=1S/C52H32O/c1-2-12-37-30-39(25-22-33(37)10-1)34-20-23-36(24-21-34)50-43-16-5-7-18-45(43)51(46-19-8-6-17-44(46)50)41-14-9-13-38(31-41)40-27-28-48-47(32-40)52-42-15-4-3-11-35(42)26-29-49(52)53-48/h1-32H. The molecule has 0 saturated carbocycles. The summed E-state index contributed by atoms with van der Waals surface area (Å²) in [5, 5.41) is 12.3. The largest absolute Gasteiger partial charge is 0.456 e. The topological polar surface area (TPSA) is 13.1 Å². The van der Waals surface area contributed by atoms with E-state index in [1.807, 2.05) is 0 Å². The first kappa shape index (κ1) is 29.7. The molecule has 0 aliphatic rings. The zero-order valence-electron chi connectivity index (χ0n) is 28.9. The first-order valence-corrected chi connectivity index (χ1v) is 18.2. The van der Waals surface area contributed by atoms with Gasteiger partial charge in [0, 0.05) is 10.8 Å². The molecule has 11 aromatic rings. The van der Waals surface area contributed by atoms with Crippen LogP contribution in [-0.4, -0.2) is 0 Å². The number of benzene rings is 10. The van der Waals surface area contributed by atoms with Gasteiger partial charge in [0.05, 0.1) is 0 Å². The zero-order chi connectivity index (χ0) is 34.9. The molecule has 1 nitrogen and oxygen atoms in total. The Bertz CT molecular complexity index is 3160. The Morgan fingerprint density at radius 2 is 0.736 bits per heavy atom. The summed E-state index contributed by atoms with van der Waals surface area (Å²) in [7, 11) is 0.